The largest absolute Gasteiger partial charge is 0.450 e. The van der Waals surface area contributed by atoms with Crippen molar-refractivity contribution in [3.05, 3.63) is 11.6 Å². The van der Waals surface area contributed by atoms with Crippen molar-refractivity contribution in [2.75, 3.05) is 0 Å². The van der Waals surface area contributed by atoms with Crippen LogP contribution >= 0.6 is 0 Å². The molecule has 4 fully saturated rings. The summed E-state index contributed by atoms with van der Waals surface area (Å²) in [5.74, 6) is 2.51. The number of Topliss-reactive ketones (excluding diaryl/α,β-unsaturated/α-hetero) is 1. The molecule has 0 bridgehead atoms. The molecule has 8 atom stereocenters. The number of fused-ring (bicyclic) bond motifs is 7. The van der Waals surface area contributed by atoms with E-state index in [2.05, 4.69) is 13.8 Å². The molecule has 0 aliphatic heterocycles. The van der Waals surface area contributed by atoms with Crippen LogP contribution in [0.2, 0.25) is 0 Å². The topological polar surface area (TPSA) is 60.4 Å². The third-order valence-electron chi connectivity index (χ3n) is 10.2. The maximum absolute atomic E-state index is 12.9. The molecule has 4 heteroatoms. The summed E-state index contributed by atoms with van der Waals surface area (Å²) >= 11 is 0. The Labute approximate surface area is 173 Å². The van der Waals surface area contributed by atoms with E-state index in [1.165, 1.54) is 5.57 Å². The molecular formula is C25H34O4. The molecule has 4 saturated carbocycles. The van der Waals surface area contributed by atoms with Gasteiger partial charge in [-0.2, -0.15) is 0 Å². The second-order valence-corrected chi connectivity index (χ2v) is 10.9. The summed E-state index contributed by atoms with van der Waals surface area (Å²) in [4.78, 5) is 37.5. The number of ether oxygens (including phenoxy) is 1. The molecule has 0 aromatic heterocycles. The highest BCUT2D eigenvalue weighted by Gasteiger charge is 2.70. The lowest BCUT2D eigenvalue weighted by Gasteiger charge is -2.59. The first-order valence-corrected chi connectivity index (χ1v) is 11.7. The van der Waals surface area contributed by atoms with Crippen LogP contribution in [0.1, 0.15) is 79.1 Å². The van der Waals surface area contributed by atoms with E-state index in [9.17, 15) is 14.4 Å². The molecule has 4 nitrogen and oxygen atoms in total. The third-order valence-corrected chi connectivity index (χ3v) is 10.2. The van der Waals surface area contributed by atoms with Gasteiger partial charge in [-0.05, 0) is 87.0 Å². The van der Waals surface area contributed by atoms with E-state index >= 15 is 0 Å². The summed E-state index contributed by atoms with van der Waals surface area (Å²) in [6.07, 6.45) is 9.13. The monoisotopic (exact) mass is 398 g/mol. The molecular weight excluding hydrogens is 364 g/mol. The molecule has 0 heterocycles. The lowest BCUT2D eigenvalue weighted by molar-refractivity contribution is -0.189. The minimum Gasteiger partial charge on any atom is -0.450 e. The van der Waals surface area contributed by atoms with Crippen molar-refractivity contribution in [2.45, 2.75) is 84.7 Å². The Hall–Kier alpha value is -1.45. The standard InChI is InChI=1S/C25H34O4/c1-5-22(28)29-25(14(2)26)11-9-18-16-7-6-15-12-21(27)17-13-20(17)24(15,4)19(16)8-10-23(18,25)3/h12,16-20H,5-11,13H2,1-4H3/t16-,17+,18-,19-,20-,23-,24-,25-/m0/s1. The predicted octanol–water partition coefficient (Wildman–Crippen LogP) is 4.66. The van der Waals surface area contributed by atoms with E-state index in [1.54, 1.807) is 13.8 Å². The van der Waals surface area contributed by atoms with Crippen LogP contribution in [-0.2, 0) is 19.1 Å². The van der Waals surface area contributed by atoms with Crippen molar-refractivity contribution < 1.29 is 19.1 Å². The minimum absolute atomic E-state index is 0.0240. The Morgan fingerprint density at radius 2 is 1.83 bits per heavy atom. The van der Waals surface area contributed by atoms with Gasteiger partial charge in [-0.1, -0.05) is 26.3 Å². The van der Waals surface area contributed by atoms with Crippen LogP contribution in [0.5, 0.6) is 0 Å². The van der Waals surface area contributed by atoms with Crippen LogP contribution in [-0.4, -0.2) is 23.1 Å². The van der Waals surface area contributed by atoms with Crippen LogP contribution in [0.4, 0.5) is 0 Å². The lowest BCUT2D eigenvalue weighted by Crippen LogP contribution is -2.59. The van der Waals surface area contributed by atoms with E-state index in [1.807, 2.05) is 6.08 Å². The second kappa shape index (κ2) is 6.04. The summed E-state index contributed by atoms with van der Waals surface area (Å²) in [5, 5.41) is 0. The quantitative estimate of drug-likeness (QED) is 0.649. The first kappa shape index (κ1) is 19.5. The molecule has 0 unspecified atom stereocenters. The molecule has 0 saturated heterocycles. The zero-order valence-corrected chi connectivity index (χ0v) is 18.3. The first-order chi connectivity index (χ1) is 13.7. The zero-order chi connectivity index (χ0) is 20.8. The predicted molar refractivity (Wildman–Crippen MR) is 109 cm³/mol. The van der Waals surface area contributed by atoms with E-state index in [0.29, 0.717) is 42.3 Å². The van der Waals surface area contributed by atoms with E-state index in [-0.39, 0.29) is 28.5 Å². The highest BCUT2D eigenvalue weighted by atomic mass is 16.6. The molecule has 0 amide bonds. The van der Waals surface area contributed by atoms with Crippen molar-refractivity contribution in [3.63, 3.8) is 0 Å². The number of hydrogen-bond donors (Lipinski definition) is 0. The van der Waals surface area contributed by atoms with Crippen LogP contribution in [0.25, 0.3) is 0 Å². The molecule has 29 heavy (non-hydrogen) atoms. The second-order valence-electron chi connectivity index (χ2n) is 10.9. The lowest BCUT2D eigenvalue weighted by atomic mass is 9.46. The Morgan fingerprint density at radius 3 is 2.52 bits per heavy atom. The number of ketones is 2. The van der Waals surface area contributed by atoms with Crippen LogP contribution in [0.15, 0.2) is 11.6 Å². The fourth-order valence-electron chi connectivity index (χ4n) is 8.54. The number of carbonyl (C=O) groups is 3. The number of rotatable bonds is 3. The fraction of sp³-hybridized carbons (Fsp3) is 0.800. The van der Waals surface area contributed by atoms with Gasteiger partial charge in [0.1, 0.15) is 0 Å². The highest BCUT2D eigenvalue weighted by Crippen LogP contribution is 2.72. The van der Waals surface area contributed by atoms with Gasteiger partial charge in [0.05, 0.1) is 0 Å². The molecule has 5 rings (SSSR count). The van der Waals surface area contributed by atoms with Crippen molar-refractivity contribution in [2.24, 2.45) is 40.4 Å². The summed E-state index contributed by atoms with van der Waals surface area (Å²) < 4.78 is 5.99. The molecule has 0 radical (unpaired) electrons. The van der Waals surface area contributed by atoms with Crippen molar-refractivity contribution in [1.29, 1.82) is 0 Å². The fourth-order valence-corrected chi connectivity index (χ4v) is 8.54. The molecule has 0 aromatic carbocycles. The Kier molecular flexibility index (Phi) is 4.07. The summed E-state index contributed by atoms with van der Waals surface area (Å²) in [5.41, 5.74) is 0.344. The molecule has 158 valence electrons. The normalized spacial score (nSPS) is 49.9. The summed E-state index contributed by atoms with van der Waals surface area (Å²) in [7, 11) is 0. The molecule has 5 aliphatic rings. The van der Waals surface area contributed by atoms with Crippen molar-refractivity contribution >= 4 is 17.5 Å². The number of esters is 1. The molecule has 0 spiro atoms. The molecule has 0 N–H and O–H groups in total. The minimum atomic E-state index is -0.947. The van der Waals surface area contributed by atoms with Crippen molar-refractivity contribution in [3.8, 4) is 0 Å². The average Bonchev–Trinajstić information content (AvgIpc) is 3.44. The Bertz CT molecular complexity index is 827. The van der Waals surface area contributed by atoms with Gasteiger partial charge in [0, 0.05) is 17.8 Å². The number of allylic oxidation sites excluding steroid dienone is 1. The van der Waals surface area contributed by atoms with Gasteiger partial charge in [-0.3, -0.25) is 14.4 Å². The molecule has 5 aliphatic carbocycles. The number of carbonyl (C=O) groups excluding carboxylic acids is 3. The van der Waals surface area contributed by atoms with Crippen LogP contribution < -0.4 is 0 Å². The smallest absolute Gasteiger partial charge is 0.306 e. The maximum atomic E-state index is 12.9. The average molecular weight is 399 g/mol. The van der Waals surface area contributed by atoms with E-state index in [4.69, 9.17) is 4.74 Å². The summed E-state index contributed by atoms with van der Waals surface area (Å²) in [6.45, 7) is 8.07. The Morgan fingerprint density at radius 1 is 1.10 bits per heavy atom. The maximum Gasteiger partial charge on any atom is 0.306 e. The van der Waals surface area contributed by atoms with Gasteiger partial charge < -0.3 is 4.74 Å². The highest BCUT2D eigenvalue weighted by molar-refractivity contribution is 5.96. The SMILES string of the molecule is CCC(=O)O[C@]1(C(C)=O)CC[C@H]2[C@@H]3CCC4=CC(=O)[C@@H]5C[C@@H]5[C@]4(C)[C@H]3CC[C@@]21C. The van der Waals surface area contributed by atoms with Gasteiger partial charge >= 0.3 is 5.97 Å². The number of hydrogen-bond acceptors (Lipinski definition) is 4. The van der Waals surface area contributed by atoms with E-state index in [0.717, 1.165) is 38.5 Å². The molecule has 0 aromatic rings. The Balaban J connectivity index is 1.51. The van der Waals surface area contributed by atoms with Crippen molar-refractivity contribution in [1.82, 2.24) is 0 Å². The van der Waals surface area contributed by atoms with Gasteiger partial charge in [-0.25, -0.2) is 0 Å². The van der Waals surface area contributed by atoms with Gasteiger partial charge in [0.25, 0.3) is 0 Å². The van der Waals surface area contributed by atoms with Crippen LogP contribution in [0.3, 0.4) is 0 Å². The third kappa shape index (κ3) is 2.29. The van der Waals surface area contributed by atoms with Gasteiger partial charge in [0.15, 0.2) is 17.2 Å². The van der Waals surface area contributed by atoms with Gasteiger partial charge in [0.2, 0.25) is 0 Å². The zero-order valence-electron chi connectivity index (χ0n) is 18.3. The first-order valence-electron chi connectivity index (χ1n) is 11.7. The van der Waals surface area contributed by atoms with Gasteiger partial charge in [-0.15, -0.1) is 0 Å². The van der Waals surface area contributed by atoms with E-state index < -0.39 is 5.60 Å². The van der Waals surface area contributed by atoms with Crippen LogP contribution in [0, 0.1) is 40.4 Å². The summed E-state index contributed by atoms with van der Waals surface area (Å²) in [6, 6.07) is 0.